The highest BCUT2D eigenvalue weighted by Gasteiger charge is 2.24. The van der Waals surface area contributed by atoms with E-state index in [1.54, 1.807) is 11.3 Å². The summed E-state index contributed by atoms with van der Waals surface area (Å²) >= 11 is 1.58. The summed E-state index contributed by atoms with van der Waals surface area (Å²) < 4.78 is 0. The first kappa shape index (κ1) is 14.0. The molecule has 1 aliphatic rings. The van der Waals surface area contributed by atoms with Gasteiger partial charge < -0.3 is 10.4 Å². The van der Waals surface area contributed by atoms with E-state index in [4.69, 9.17) is 5.11 Å². The van der Waals surface area contributed by atoms with Crippen molar-refractivity contribution in [2.24, 2.45) is 5.92 Å². The number of carbonyl (C=O) groups excluding carboxylic acids is 1. The van der Waals surface area contributed by atoms with Gasteiger partial charge in [0.05, 0.1) is 19.0 Å². The van der Waals surface area contributed by atoms with Crippen molar-refractivity contribution in [2.75, 3.05) is 19.8 Å². The topological polar surface area (TPSA) is 69.6 Å². The number of aliphatic carboxylic acids is 1. The summed E-state index contributed by atoms with van der Waals surface area (Å²) in [5.74, 6) is -0.915. The van der Waals surface area contributed by atoms with Crippen LogP contribution in [0.3, 0.4) is 0 Å². The van der Waals surface area contributed by atoms with Gasteiger partial charge in [0.1, 0.15) is 0 Å². The van der Waals surface area contributed by atoms with Crippen LogP contribution in [0, 0.1) is 5.92 Å². The number of hydrogen-bond donors (Lipinski definition) is 2. The van der Waals surface area contributed by atoms with Gasteiger partial charge in [-0.2, -0.15) is 0 Å². The molecular weight excluding hydrogens is 264 g/mol. The minimum Gasteiger partial charge on any atom is -0.481 e. The Balaban J connectivity index is 1.66. The molecule has 0 bridgehead atoms. The molecule has 0 aromatic carbocycles. The molecule has 1 aromatic rings. The molecule has 0 atom stereocenters. The molecule has 5 nitrogen and oxygen atoms in total. The molecule has 2 heterocycles. The Morgan fingerprint density at radius 1 is 1.42 bits per heavy atom. The highest BCUT2D eigenvalue weighted by Crippen LogP contribution is 2.16. The maximum atomic E-state index is 11.7. The molecule has 2 rings (SSSR count). The molecule has 0 radical (unpaired) electrons. The van der Waals surface area contributed by atoms with Gasteiger partial charge in [-0.3, -0.25) is 14.5 Å². The standard InChI is InChI=1S/C13H18N2O3S/c16-12(8-11-2-1-7-19-11)14-9-15-5-3-10(4-6-15)13(17)18/h1-2,7,10H,3-6,8-9H2,(H,14,16)(H,17,18). The lowest BCUT2D eigenvalue weighted by Gasteiger charge is -2.29. The number of thiophene rings is 1. The second-order valence-electron chi connectivity index (χ2n) is 4.74. The third kappa shape index (κ3) is 4.33. The summed E-state index contributed by atoms with van der Waals surface area (Å²) in [5, 5.41) is 13.7. The van der Waals surface area contributed by atoms with Gasteiger partial charge in [-0.05, 0) is 24.3 Å². The Kier molecular flexibility index (Phi) is 4.93. The molecule has 104 valence electrons. The average Bonchev–Trinajstić information content (AvgIpc) is 2.89. The third-order valence-electron chi connectivity index (χ3n) is 3.35. The lowest BCUT2D eigenvalue weighted by Crippen LogP contribution is -2.43. The van der Waals surface area contributed by atoms with Crippen LogP contribution in [0.5, 0.6) is 0 Å². The molecule has 0 saturated carbocycles. The van der Waals surface area contributed by atoms with Crippen LogP contribution in [0.1, 0.15) is 17.7 Å². The van der Waals surface area contributed by atoms with E-state index in [-0.39, 0.29) is 11.8 Å². The van der Waals surface area contributed by atoms with Crippen molar-refractivity contribution >= 4 is 23.2 Å². The van der Waals surface area contributed by atoms with E-state index in [1.165, 1.54) is 0 Å². The predicted molar refractivity (Wildman–Crippen MR) is 73.0 cm³/mol. The van der Waals surface area contributed by atoms with Crippen LogP contribution in [-0.4, -0.2) is 41.6 Å². The van der Waals surface area contributed by atoms with Gasteiger partial charge >= 0.3 is 5.97 Å². The van der Waals surface area contributed by atoms with E-state index in [2.05, 4.69) is 10.2 Å². The number of carboxylic acid groups (broad SMARTS) is 1. The van der Waals surface area contributed by atoms with Gasteiger partial charge in [-0.1, -0.05) is 6.07 Å². The van der Waals surface area contributed by atoms with Gasteiger partial charge in [-0.15, -0.1) is 11.3 Å². The Morgan fingerprint density at radius 3 is 2.74 bits per heavy atom. The van der Waals surface area contributed by atoms with E-state index < -0.39 is 5.97 Å². The summed E-state index contributed by atoms with van der Waals surface area (Å²) in [6.07, 6.45) is 1.75. The first-order valence-corrected chi connectivity index (χ1v) is 7.27. The Labute approximate surface area is 116 Å². The third-order valence-corrected chi connectivity index (χ3v) is 4.23. The Morgan fingerprint density at radius 2 is 2.16 bits per heavy atom. The molecule has 1 saturated heterocycles. The maximum absolute atomic E-state index is 11.7. The van der Waals surface area contributed by atoms with Crippen molar-refractivity contribution in [1.29, 1.82) is 0 Å². The van der Waals surface area contributed by atoms with Crippen LogP contribution in [0.25, 0.3) is 0 Å². The molecular formula is C13H18N2O3S. The van der Waals surface area contributed by atoms with Crippen molar-refractivity contribution in [3.05, 3.63) is 22.4 Å². The molecule has 1 aliphatic heterocycles. The highest BCUT2D eigenvalue weighted by atomic mass is 32.1. The van der Waals surface area contributed by atoms with E-state index in [0.29, 0.717) is 25.9 Å². The smallest absolute Gasteiger partial charge is 0.306 e. The van der Waals surface area contributed by atoms with Crippen LogP contribution >= 0.6 is 11.3 Å². The number of amides is 1. The molecule has 1 aromatic heterocycles. The van der Waals surface area contributed by atoms with Crippen LogP contribution < -0.4 is 5.32 Å². The van der Waals surface area contributed by atoms with E-state index in [1.807, 2.05) is 17.5 Å². The van der Waals surface area contributed by atoms with Gasteiger partial charge in [0.2, 0.25) is 5.91 Å². The minimum absolute atomic E-state index is 0.0165. The molecule has 0 aliphatic carbocycles. The second-order valence-corrected chi connectivity index (χ2v) is 5.78. The Bertz CT molecular complexity index is 425. The number of rotatable bonds is 5. The molecule has 2 N–H and O–H groups in total. The fraction of sp³-hybridized carbons (Fsp3) is 0.538. The van der Waals surface area contributed by atoms with Crippen LogP contribution in [0.15, 0.2) is 17.5 Å². The van der Waals surface area contributed by atoms with E-state index in [9.17, 15) is 9.59 Å². The second kappa shape index (κ2) is 6.68. The number of hydrogen-bond acceptors (Lipinski definition) is 4. The zero-order valence-corrected chi connectivity index (χ0v) is 11.5. The van der Waals surface area contributed by atoms with Crippen LogP contribution in [0.4, 0.5) is 0 Å². The van der Waals surface area contributed by atoms with Gasteiger partial charge in [0.15, 0.2) is 0 Å². The summed E-state index contributed by atoms with van der Waals surface area (Å²) in [5.41, 5.74) is 0. The molecule has 19 heavy (non-hydrogen) atoms. The quantitative estimate of drug-likeness (QED) is 0.850. The molecule has 0 unspecified atom stereocenters. The number of piperidine rings is 1. The molecule has 1 fully saturated rings. The van der Waals surface area contributed by atoms with Crippen LogP contribution in [0.2, 0.25) is 0 Å². The highest BCUT2D eigenvalue weighted by molar-refractivity contribution is 7.10. The maximum Gasteiger partial charge on any atom is 0.306 e. The normalized spacial score (nSPS) is 17.3. The summed E-state index contributed by atoms with van der Waals surface area (Å²) in [4.78, 5) is 25.7. The fourth-order valence-corrected chi connectivity index (χ4v) is 2.88. The SMILES string of the molecule is O=C(Cc1cccs1)NCN1CCC(C(=O)O)CC1. The molecule has 0 spiro atoms. The Hall–Kier alpha value is -1.40. The van der Waals surface area contributed by atoms with Crippen molar-refractivity contribution in [3.63, 3.8) is 0 Å². The minimum atomic E-state index is -0.707. The fourth-order valence-electron chi connectivity index (χ4n) is 2.17. The number of carbonyl (C=O) groups is 2. The van der Waals surface area contributed by atoms with Crippen molar-refractivity contribution in [1.82, 2.24) is 10.2 Å². The summed E-state index contributed by atoms with van der Waals surface area (Å²) in [7, 11) is 0. The largest absolute Gasteiger partial charge is 0.481 e. The van der Waals surface area contributed by atoms with Crippen molar-refractivity contribution in [3.8, 4) is 0 Å². The zero-order chi connectivity index (χ0) is 13.7. The van der Waals surface area contributed by atoms with Crippen molar-refractivity contribution in [2.45, 2.75) is 19.3 Å². The predicted octanol–water partition coefficient (Wildman–Crippen LogP) is 1.16. The molecule has 6 heteroatoms. The lowest BCUT2D eigenvalue weighted by atomic mass is 9.97. The number of carboxylic acids is 1. The first-order valence-electron chi connectivity index (χ1n) is 6.39. The number of nitrogens with one attached hydrogen (secondary N) is 1. The van der Waals surface area contributed by atoms with E-state index in [0.717, 1.165) is 18.0 Å². The molecule has 1 amide bonds. The van der Waals surface area contributed by atoms with Gasteiger partial charge in [-0.25, -0.2) is 0 Å². The summed E-state index contributed by atoms with van der Waals surface area (Å²) in [6.45, 7) is 1.98. The first-order chi connectivity index (χ1) is 9.15. The average molecular weight is 282 g/mol. The monoisotopic (exact) mass is 282 g/mol. The number of likely N-dealkylation sites (tertiary alicyclic amines) is 1. The van der Waals surface area contributed by atoms with Crippen LogP contribution in [-0.2, 0) is 16.0 Å². The lowest BCUT2D eigenvalue weighted by molar-refractivity contribution is -0.143. The van der Waals surface area contributed by atoms with E-state index >= 15 is 0 Å². The van der Waals surface area contributed by atoms with Gasteiger partial charge in [0, 0.05) is 18.0 Å². The number of nitrogens with zero attached hydrogens (tertiary/aromatic N) is 1. The van der Waals surface area contributed by atoms with Gasteiger partial charge in [0.25, 0.3) is 0 Å². The summed E-state index contributed by atoms with van der Waals surface area (Å²) in [6, 6.07) is 3.88. The zero-order valence-electron chi connectivity index (χ0n) is 10.7. The van der Waals surface area contributed by atoms with Crippen molar-refractivity contribution < 1.29 is 14.7 Å².